The molecule has 0 radical (unpaired) electrons. The zero-order valence-electron chi connectivity index (χ0n) is 18.5. The number of nitrogens with zero attached hydrogens (tertiary/aromatic N) is 3. The second-order valence-corrected chi connectivity index (χ2v) is 8.63. The molecule has 1 aliphatic heterocycles. The SMILES string of the molecule is CCC(C)N(Cc1c(-c2ccc(F)cc2)noc1N1CCOCC1)C(=O)C1CCCC1. The number of morpholine rings is 1. The molecule has 6 nitrogen and oxygen atoms in total. The number of hydrogen-bond acceptors (Lipinski definition) is 5. The first-order valence-corrected chi connectivity index (χ1v) is 11.5. The van der Waals surface area contributed by atoms with Crippen molar-refractivity contribution in [3.63, 3.8) is 0 Å². The molecule has 0 spiro atoms. The average molecular weight is 430 g/mol. The van der Waals surface area contributed by atoms with Crippen LogP contribution >= 0.6 is 0 Å². The van der Waals surface area contributed by atoms with Gasteiger partial charge in [0.25, 0.3) is 0 Å². The highest BCUT2D eigenvalue weighted by molar-refractivity contribution is 5.80. The third-order valence-electron chi connectivity index (χ3n) is 6.62. The second kappa shape index (κ2) is 9.81. The predicted molar refractivity (Wildman–Crippen MR) is 117 cm³/mol. The minimum atomic E-state index is -0.292. The summed E-state index contributed by atoms with van der Waals surface area (Å²) in [6.45, 7) is 7.33. The number of anilines is 1. The van der Waals surface area contributed by atoms with Crippen molar-refractivity contribution in [2.24, 2.45) is 5.92 Å². The van der Waals surface area contributed by atoms with Crippen molar-refractivity contribution in [2.45, 2.75) is 58.5 Å². The maximum atomic E-state index is 13.5. The Morgan fingerprint density at radius 3 is 2.55 bits per heavy atom. The van der Waals surface area contributed by atoms with Gasteiger partial charge in [0.05, 0.1) is 25.3 Å². The van der Waals surface area contributed by atoms with Crippen molar-refractivity contribution in [3.05, 3.63) is 35.6 Å². The molecule has 7 heteroatoms. The molecule has 2 aromatic rings. The normalized spacial score (nSPS) is 18.4. The molecule has 1 saturated carbocycles. The summed E-state index contributed by atoms with van der Waals surface area (Å²) >= 11 is 0. The Kier molecular flexibility index (Phi) is 6.90. The fraction of sp³-hybridized carbons (Fsp3) is 0.583. The van der Waals surface area contributed by atoms with Crippen LogP contribution < -0.4 is 4.90 Å². The maximum Gasteiger partial charge on any atom is 0.233 e. The summed E-state index contributed by atoms with van der Waals surface area (Å²) in [7, 11) is 0. The van der Waals surface area contributed by atoms with E-state index in [1.165, 1.54) is 12.1 Å². The molecule has 1 unspecified atom stereocenters. The molecule has 1 aromatic heterocycles. The number of halogens is 1. The summed E-state index contributed by atoms with van der Waals surface area (Å²) in [5, 5.41) is 4.37. The van der Waals surface area contributed by atoms with Gasteiger partial charge in [-0.25, -0.2) is 4.39 Å². The lowest BCUT2D eigenvalue weighted by Gasteiger charge is -2.32. The molecule has 0 N–H and O–H groups in total. The largest absolute Gasteiger partial charge is 0.378 e. The Hall–Kier alpha value is -2.41. The highest BCUT2D eigenvalue weighted by atomic mass is 19.1. The third kappa shape index (κ3) is 4.76. The lowest BCUT2D eigenvalue weighted by atomic mass is 10.0. The smallest absolute Gasteiger partial charge is 0.233 e. The number of benzene rings is 1. The molecule has 31 heavy (non-hydrogen) atoms. The van der Waals surface area contributed by atoms with Crippen LogP contribution in [0.2, 0.25) is 0 Å². The van der Waals surface area contributed by atoms with E-state index >= 15 is 0 Å². The summed E-state index contributed by atoms with van der Waals surface area (Å²) in [5.41, 5.74) is 2.35. The second-order valence-electron chi connectivity index (χ2n) is 8.63. The number of carbonyl (C=O) groups excluding carboxylic acids is 1. The highest BCUT2D eigenvalue weighted by Gasteiger charge is 2.33. The zero-order valence-corrected chi connectivity index (χ0v) is 18.5. The highest BCUT2D eigenvalue weighted by Crippen LogP contribution is 2.35. The Labute approximate surface area is 183 Å². The topological polar surface area (TPSA) is 58.8 Å². The standard InChI is InChI=1S/C24H32FN3O3/c1-3-17(2)28(23(29)19-6-4-5-7-19)16-21-22(18-8-10-20(25)11-9-18)26-31-24(21)27-12-14-30-15-13-27/h8-11,17,19H,3-7,12-16H2,1-2H3. The molecule has 2 heterocycles. The van der Waals surface area contributed by atoms with Crippen molar-refractivity contribution >= 4 is 11.8 Å². The van der Waals surface area contributed by atoms with E-state index in [2.05, 4.69) is 23.9 Å². The van der Waals surface area contributed by atoms with E-state index in [0.717, 1.165) is 43.2 Å². The van der Waals surface area contributed by atoms with Crippen LogP contribution in [-0.4, -0.2) is 48.3 Å². The van der Waals surface area contributed by atoms with E-state index in [-0.39, 0.29) is 23.7 Å². The lowest BCUT2D eigenvalue weighted by Crippen LogP contribution is -2.42. The number of aromatic nitrogens is 1. The number of hydrogen-bond donors (Lipinski definition) is 0. The monoisotopic (exact) mass is 429 g/mol. The molecule has 4 rings (SSSR count). The number of amides is 1. The summed E-state index contributed by atoms with van der Waals surface area (Å²) in [5.74, 6) is 0.732. The maximum absolute atomic E-state index is 13.5. The van der Waals surface area contributed by atoms with Gasteiger partial charge < -0.3 is 19.1 Å². The van der Waals surface area contributed by atoms with E-state index in [1.54, 1.807) is 12.1 Å². The van der Waals surface area contributed by atoms with Crippen molar-refractivity contribution in [1.29, 1.82) is 0 Å². The van der Waals surface area contributed by atoms with Gasteiger partial charge in [-0.05, 0) is 50.5 Å². The molecule has 1 aliphatic carbocycles. The Morgan fingerprint density at radius 2 is 1.90 bits per heavy atom. The molecule has 1 amide bonds. The molecular formula is C24H32FN3O3. The number of carbonyl (C=O) groups is 1. The fourth-order valence-corrected chi connectivity index (χ4v) is 4.54. The van der Waals surface area contributed by atoms with Crippen LogP contribution in [0.3, 0.4) is 0 Å². The first-order valence-electron chi connectivity index (χ1n) is 11.5. The van der Waals surface area contributed by atoms with Crippen molar-refractivity contribution in [1.82, 2.24) is 10.1 Å². The van der Waals surface area contributed by atoms with Gasteiger partial charge in [0.15, 0.2) is 0 Å². The van der Waals surface area contributed by atoms with Crippen molar-refractivity contribution in [3.8, 4) is 11.3 Å². The van der Waals surface area contributed by atoms with Crippen LogP contribution in [0.15, 0.2) is 28.8 Å². The van der Waals surface area contributed by atoms with Gasteiger partial charge in [-0.3, -0.25) is 4.79 Å². The molecule has 1 aromatic carbocycles. The minimum Gasteiger partial charge on any atom is -0.378 e. The molecule has 1 saturated heterocycles. The lowest BCUT2D eigenvalue weighted by molar-refractivity contribution is -0.138. The minimum absolute atomic E-state index is 0.106. The first kappa shape index (κ1) is 21.8. The quantitative estimate of drug-likeness (QED) is 0.642. The van der Waals surface area contributed by atoms with Gasteiger partial charge in [-0.2, -0.15) is 0 Å². The van der Waals surface area contributed by atoms with E-state index in [9.17, 15) is 9.18 Å². The van der Waals surface area contributed by atoms with Gasteiger partial charge in [-0.1, -0.05) is 24.9 Å². The number of ether oxygens (including phenoxy) is 1. The van der Waals surface area contributed by atoms with Crippen molar-refractivity contribution < 1.29 is 18.4 Å². The number of rotatable bonds is 7. The van der Waals surface area contributed by atoms with Crippen LogP contribution in [0.25, 0.3) is 11.3 Å². The van der Waals surface area contributed by atoms with Gasteiger partial charge in [0, 0.05) is 30.6 Å². The molecule has 2 fully saturated rings. The van der Waals surface area contributed by atoms with Crippen LogP contribution in [-0.2, 0) is 16.1 Å². The van der Waals surface area contributed by atoms with Crippen molar-refractivity contribution in [2.75, 3.05) is 31.2 Å². The molecule has 1 atom stereocenters. The predicted octanol–water partition coefficient (Wildman–Crippen LogP) is 4.63. The molecular weight excluding hydrogens is 397 g/mol. The first-order chi connectivity index (χ1) is 15.1. The molecule has 0 bridgehead atoms. The summed E-state index contributed by atoms with van der Waals surface area (Å²) in [6.07, 6.45) is 5.06. The van der Waals surface area contributed by atoms with Gasteiger partial charge >= 0.3 is 0 Å². The van der Waals surface area contributed by atoms with E-state index in [1.807, 2.05) is 4.90 Å². The fourth-order valence-electron chi connectivity index (χ4n) is 4.54. The van der Waals surface area contributed by atoms with E-state index < -0.39 is 0 Å². The van der Waals surface area contributed by atoms with Crippen LogP contribution in [0.5, 0.6) is 0 Å². The van der Waals surface area contributed by atoms with E-state index in [0.29, 0.717) is 44.4 Å². The summed E-state index contributed by atoms with van der Waals surface area (Å²) in [4.78, 5) is 17.6. The summed E-state index contributed by atoms with van der Waals surface area (Å²) < 4.78 is 24.8. The third-order valence-corrected chi connectivity index (χ3v) is 6.62. The Bertz CT molecular complexity index is 871. The molecule has 2 aliphatic rings. The van der Waals surface area contributed by atoms with Gasteiger partial charge in [0.1, 0.15) is 11.5 Å². The zero-order chi connectivity index (χ0) is 21.8. The van der Waals surface area contributed by atoms with Crippen LogP contribution in [0, 0.1) is 11.7 Å². The summed E-state index contributed by atoms with van der Waals surface area (Å²) in [6, 6.07) is 6.40. The van der Waals surface area contributed by atoms with Gasteiger partial charge in [-0.15, -0.1) is 0 Å². The Morgan fingerprint density at radius 1 is 1.23 bits per heavy atom. The Balaban J connectivity index is 1.71. The molecule has 168 valence electrons. The van der Waals surface area contributed by atoms with E-state index in [4.69, 9.17) is 9.26 Å². The van der Waals surface area contributed by atoms with Gasteiger partial charge in [0.2, 0.25) is 11.8 Å². The average Bonchev–Trinajstić information content (AvgIpc) is 3.48. The van der Waals surface area contributed by atoms with Crippen LogP contribution in [0.1, 0.15) is 51.5 Å². The van der Waals surface area contributed by atoms with Crippen LogP contribution in [0.4, 0.5) is 10.3 Å².